The van der Waals surface area contributed by atoms with Gasteiger partial charge in [-0.3, -0.25) is 0 Å². The molecule has 130 valence electrons. The summed E-state index contributed by atoms with van der Waals surface area (Å²) >= 11 is 0. The number of aliphatic hydroxyl groups is 1. The van der Waals surface area contributed by atoms with Crippen molar-refractivity contribution >= 4 is 16.9 Å². The van der Waals surface area contributed by atoms with Crippen LogP contribution in [0.25, 0.3) is 10.9 Å². The fourth-order valence-electron chi connectivity index (χ4n) is 3.05. The predicted octanol–water partition coefficient (Wildman–Crippen LogP) is 2.93. The molecule has 25 heavy (non-hydrogen) atoms. The zero-order valence-corrected chi connectivity index (χ0v) is 14.3. The number of aromatic nitrogens is 1. The number of likely N-dealkylation sites (N-methyl/N-ethyl adjacent to an activating group) is 1. The summed E-state index contributed by atoms with van der Waals surface area (Å²) in [4.78, 5) is 17.0. The first kappa shape index (κ1) is 17.0. The van der Waals surface area contributed by atoms with Crippen LogP contribution in [0.4, 0.5) is 4.79 Å². The first-order chi connectivity index (χ1) is 12.2. The maximum absolute atomic E-state index is 12.2. The lowest BCUT2D eigenvalue weighted by Crippen LogP contribution is -2.40. The number of hydrogen-bond acceptors (Lipinski definition) is 2. The number of H-pyrrole nitrogens is 1. The van der Waals surface area contributed by atoms with Crippen molar-refractivity contribution in [1.29, 1.82) is 0 Å². The Morgan fingerprint density at radius 2 is 1.88 bits per heavy atom. The SMILES string of the molecule is CN(CCO)C(=O)NC[C@@H](c1ccccc1)c1c[nH]c2ccccc12. The van der Waals surface area contributed by atoms with Crippen LogP contribution in [-0.4, -0.2) is 47.8 Å². The third-order valence-electron chi connectivity index (χ3n) is 4.44. The number of nitrogens with one attached hydrogen (secondary N) is 2. The third kappa shape index (κ3) is 3.83. The van der Waals surface area contributed by atoms with E-state index in [0.717, 1.165) is 22.0 Å². The Kier molecular flexibility index (Phi) is 5.36. The highest BCUT2D eigenvalue weighted by Crippen LogP contribution is 2.30. The van der Waals surface area contributed by atoms with Gasteiger partial charge in [-0.15, -0.1) is 0 Å². The molecular formula is C20H23N3O2. The van der Waals surface area contributed by atoms with E-state index >= 15 is 0 Å². The number of rotatable bonds is 6. The number of hydrogen-bond donors (Lipinski definition) is 3. The van der Waals surface area contributed by atoms with Crippen LogP contribution in [-0.2, 0) is 0 Å². The topological polar surface area (TPSA) is 68.4 Å². The van der Waals surface area contributed by atoms with Crippen molar-refractivity contribution in [2.45, 2.75) is 5.92 Å². The van der Waals surface area contributed by atoms with E-state index in [1.165, 1.54) is 4.90 Å². The number of aliphatic hydroxyl groups excluding tert-OH is 1. The molecule has 0 radical (unpaired) electrons. The first-order valence-corrected chi connectivity index (χ1v) is 8.41. The molecule has 3 N–H and O–H groups in total. The Hall–Kier alpha value is -2.79. The highest BCUT2D eigenvalue weighted by atomic mass is 16.3. The van der Waals surface area contributed by atoms with Crippen LogP contribution in [0.5, 0.6) is 0 Å². The smallest absolute Gasteiger partial charge is 0.317 e. The quantitative estimate of drug-likeness (QED) is 0.647. The van der Waals surface area contributed by atoms with E-state index in [1.54, 1.807) is 7.05 Å². The highest BCUT2D eigenvalue weighted by Gasteiger charge is 2.19. The van der Waals surface area contributed by atoms with Crippen molar-refractivity contribution < 1.29 is 9.90 Å². The molecule has 0 bridgehead atoms. The van der Waals surface area contributed by atoms with Crippen molar-refractivity contribution in [2.75, 3.05) is 26.7 Å². The summed E-state index contributed by atoms with van der Waals surface area (Å²) in [5.74, 6) is 0.0452. The molecule has 0 aliphatic rings. The van der Waals surface area contributed by atoms with Crippen LogP contribution in [0.3, 0.4) is 0 Å². The van der Waals surface area contributed by atoms with Gasteiger partial charge in [0, 0.05) is 43.2 Å². The molecule has 3 rings (SSSR count). The van der Waals surface area contributed by atoms with Gasteiger partial charge in [-0.1, -0.05) is 48.5 Å². The van der Waals surface area contributed by atoms with Gasteiger partial charge in [0.2, 0.25) is 0 Å². The van der Waals surface area contributed by atoms with E-state index in [1.807, 2.05) is 36.5 Å². The summed E-state index contributed by atoms with van der Waals surface area (Å²) in [7, 11) is 1.68. The van der Waals surface area contributed by atoms with Crippen molar-refractivity contribution in [2.24, 2.45) is 0 Å². The van der Waals surface area contributed by atoms with Crippen LogP contribution in [0.2, 0.25) is 0 Å². The molecule has 0 aliphatic heterocycles. The molecule has 1 atom stereocenters. The molecule has 3 aromatic rings. The highest BCUT2D eigenvalue weighted by molar-refractivity contribution is 5.84. The van der Waals surface area contributed by atoms with E-state index in [2.05, 4.69) is 34.6 Å². The maximum atomic E-state index is 12.2. The van der Waals surface area contributed by atoms with Gasteiger partial charge in [-0.2, -0.15) is 0 Å². The predicted molar refractivity (Wildman–Crippen MR) is 99.7 cm³/mol. The molecule has 0 saturated heterocycles. The Morgan fingerprint density at radius 1 is 1.16 bits per heavy atom. The first-order valence-electron chi connectivity index (χ1n) is 8.41. The second kappa shape index (κ2) is 7.85. The molecule has 5 heteroatoms. The van der Waals surface area contributed by atoms with Crippen molar-refractivity contribution in [3.05, 3.63) is 71.9 Å². The number of carbonyl (C=O) groups is 1. The number of benzene rings is 2. The summed E-state index contributed by atoms with van der Waals surface area (Å²) in [5, 5.41) is 13.1. The van der Waals surface area contributed by atoms with Gasteiger partial charge in [0.25, 0.3) is 0 Å². The number of aromatic amines is 1. The Morgan fingerprint density at radius 3 is 2.64 bits per heavy atom. The lowest BCUT2D eigenvalue weighted by Gasteiger charge is -2.21. The normalized spacial score (nSPS) is 12.1. The third-order valence-corrected chi connectivity index (χ3v) is 4.44. The number of carbonyl (C=O) groups excluding carboxylic acids is 1. The molecule has 2 aromatic carbocycles. The molecule has 0 aliphatic carbocycles. The lowest BCUT2D eigenvalue weighted by molar-refractivity contribution is 0.190. The molecule has 1 heterocycles. The monoisotopic (exact) mass is 337 g/mol. The van der Waals surface area contributed by atoms with Gasteiger partial charge in [0.1, 0.15) is 0 Å². The minimum absolute atomic E-state index is 0.0452. The summed E-state index contributed by atoms with van der Waals surface area (Å²) < 4.78 is 0. The number of fused-ring (bicyclic) bond motifs is 1. The number of para-hydroxylation sites is 1. The molecule has 0 saturated carbocycles. The molecule has 0 spiro atoms. The van der Waals surface area contributed by atoms with E-state index in [4.69, 9.17) is 5.11 Å². The van der Waals surface area contributed by atoms with Crippen LogP contribution in [0, 0.1) is 0 Å². The van der Waals surface area contributed by atoms with Crippen LogP contribution < -0.4 is 5.32 Å². The van der Waals surface area contributed by atoms with Gasteiger partial charge in [0.15, 0.2) is 0 Å². The zero-order chi connectivity index (χ0) is 17.6. The Bertz CT molecular complexity index is 829. The van der Waals surface area contributed by atoms with E-state index in [-0.39, 0.29) is 18.6 Å². The molecule has 0 unspecified atom stereocenters. The summed E-state index contributed by atoms with van der Waals surface area (Å²) in [6.45, 7) is 0.754. The zero-order valence-electron chi connectivity index (χ0n) is 14.3. The van der Waals surface area contributed by atoms with Gasteiger partial charge in [-0.05, 0) is 17.2 Å². The van der Waals surface area contributed by atoms with Crippen molar-refractivity contribution in [3.8, 4) is 0 Å². The average molecular weight is 337 g/mol. The second-order valence-corrected chi connectivity index (χ2v) is 6.08. The van der Waals surface area contributed by atoms with Crippen LogP contribution in [0.1, 0.15) is 17.0 Å². The summed E-state index contributed by atoms with van der Waals surface area (Å²) in [6.07, 6.45) is 2.02. The van der Waals surface area contributed by atoms with Crippen molar-refractivity contribution in [1.82, 2.24) is 15.2 Å². The average Bonchev–Trinajstić information content (AvgIpc) is 3.07. The molecular weight excluding hydrogens is 314 g/mol. The van der Waals surface area contributed by atoms with Gasteiger partial charge < -0.3 is 20.3 Å². The minimum atomic E-state index is -0.185. The van der Waals surface area contributed by atoms with Crippen molar-refractivity contribution in [3.63, 3.8) is 0 Å². The van der Waals surface area contributed by atoms with Gasteiger partial charge >= 0.3 is 6.03 Å². The van der Waals surface area contributed by atoms with Gasteiger partial charge in [0.05, 0.1) is 6.61 Å². The summed E-state index contributed by atoms with van der Waals surface area (Å²) in [5.41, 5.74) is 3.39. The largest absolute Gasteiger partial charge is 0.395 e. The minimum Gasteiger partial charge on any atom is -0.395 e. The number of amides is 2. The van der Waals surface area contributed by atoms with Gasteiger partial charge in [-0.25, -0.2) is 4.79 Å². The molecule has 5 nitrogen and oxygen atoms in total. The Balaban J connectivity index is 1.88. The fourth-order valence-corrected chi connectivity index (χ4v) is 3.05. The molecule has 1 aromatic heterocycles. The van der Waals surface area contributed by atoms with E-state index < -0.39 is 0 Å². The standard InChI is InChI=1S/C20H23N3O2/c1-23(11-12-24)20(25)22-13-17(15-7-3-2-4-8-15)18-14-21-19-10-6-5-9-16(18)19/h2-10,14,17,21,24H,11-13H2,1H3,(H,22,25)/t17-/m0/s1. The van der Waals surface area contributed by atoms with Crippen LogP contribution in [0.15, 0.2) is 60.8 Å². The van der Waals surface area contributed by atoms with E-state index in [0.29, 0.717) is 13.1 Å². The molecule has 0 fully saturated rings. The Labute approximate surface area is 147 Å². The number of urea groups is 1. The summed E-state index contributed by atoms with van der Waals surface area (Å²) in [6, 6.07) is 18.2. The molecule has 2 amide bonds. The maximum Gasteiger partial charge on any atom is 0.317 e. The van der Waals surface area contributed by atoms with Crippen LogP contribution >= 0.6 is 0 Å². The number of nitrogens with zero attached hydrogens (tertiary/aromatic N) is 1. The fraction of sp³-hybridized carbons (Fsp3) is 0.250. The second-order valence-electron chi connectivity index (χ2n) is 6.08. The van der Waals surface area contributed by atoms with E-state index in [9.17, 15) is 4.79 Å². The lowest BCUT2D eigenvalue weighted by atomic mass is 9.91.